The molecule has 142 valence electrons. The molecule has 2 aromatic carbocycles. The zero-order chi connectivity index (χ0) is 20.4. The first-order valence-corrected chi connectivity index (χ1v) is 9.71. The van der Waals surface area contributed by atoms with Crippen molar-refractivity contribution in [1.29, 1.82) is 0 Å². The van der Waals surface area contributed by atoms with Crippen LogP contribution in [0.4, 0.5) is 5.82 Å². The third-order valence-corrected chi connectivity index (χ3v) is 4.75. The summed E-state index contributed by atoms with van der Waals surface area (Å²) in [7, 11) is 0. The largest absolute Gasteiger partial charge is 0.268 e. The molecule has 4 nitrogen and oxygen atoms in total. The van der Waals surface area contributed by atoms with E-state index < -0.39 is 11.8 Å². The second kappa shape index (κ2) is 8.07. The summed E-state index contributed by atoms with van der Waals surface area (Å²) >= 11 is 3.35. The normalized spacial score (nSPS) is 10.6. The number of rotatable bonds is 3. The molecule has 2 amide bonds. The molecule has 0 saturated heterocycles. The minimum atomic E-state index is -0.397. The Bertz CT molecular complexity index is 955. The Labute approximate surface area is 173 Å². The van der Waals surface area contributed by atoms with E-state index in [1.54, 1.807) is 42.6 Å². The quantitative estimate of drug-likeness (QED) is 0.504. The van der Waals surface area contributed by atoms with Crippen LogP contribution in [0.3, 0.4) is 0 Å². The summed E-state index contributed by atoms with van der Waals surface area (Å²) in [6.07, 6.45) is 1.58. The minimum absolute atomic E-state index is 0.288. The lowest BCUT2D eigenvalue weighted by atomic mass is 10.0. The number of halogens is 1. The van der Waals surface area contributed by atoms with Gasteiger partial charge in [0.05, 0.1) is 0 Å². The number of aromatic nitrogens is 1. The van der Waals surface area contributed by atoms with Gasteiger partial charge in [-0.25, -0.2) is 9.88 Å². The Morgan fingerprint density at radius 2 is 1.18 bits per heavy atom. The molecule has 0 aliphatic rings. The van der Waals surface area contributed by atoms with E-state index in [-0.39, 0.29) is 5.82 Å². The van der Waals surface area contributed by atoms with E-state index >= 15 is 0 Å². The van der Waals surface area contributed by atoms with Gasteiger partial charge in [-0.1, -0.05) is 34.4 Å². The standard InChI is InChI=1S/C23H21BrN2O2/c1-14-7-15(2)10-18(9-14)22(27)26(21-6-5-20(24)13-25-21)23(28)19-11-16(3)8-17(4)12-19/h5-13H,1-4H3. The lowest BCUT2D eigenvalue weighted by Crippen LogP contribution is -2.38. The molecule has 0 fully saturated rings. The van der Waals surface area contributed by atoms with Gasteiger partial charge >= 0.3 is 0 Å². The number of amides is 2. The van der Waals surface area contributed by atoms with Gasteiger partial charge in [0.1, 0.15) is 5.82 Å². The SMILES string of the molecule is Cc1cc(C)cc(C(=O)N(C(=O)c2cc(C)cc(C)c2)c2ccc(Br)cn2)c1. The first-order valence-electron chi connectivity index (χ1n) is 8.91. The number of nitrogens with zero attached hydrogens (tertiary/aromatic N) is 2. The van der Waals surface area contributed by atoms with Crippen molar-refractivity contribution >= 4 is 33.6 Å². The Morgan fingerprint density at radius 3 is 1.54 bits per heavy atom. The molecule has 0 aliphatic heterocycles. The highest BCUT2D eigenvalue weighted by Crippen LogP contribution is 2.22. The monoisotopic (exact) mass is 436 g/mol. The molecule has 0 unspecified atom stereocenters. The van der Waals surface area contributed by atoms with E-state index in [9.17, 15) is 9.59 Å². The fourth-order valence-electron chi connectivity index (χ4n) is 3.26. The molecule has 1 heterocycles. The summed E-state index contributed by atoms with van der Waals surface area (Å²) < 4.78 is 0.772. The van der Waals surface area contributed by atoms with E-state index in [4.69, 9.17) is 0 Å². The molecular weight excluding hydrogens is 416 g/mol. The van der Waals surface area contributed by atoms with E-state index in [0.717, 1.165) is 31.6 Å². The third-order valence-electron chi connectivity index (χ3n) is 4.28. The third kappa shape index (κ3) is 4.37. The highest BCUT2D eigenvalue weighted by atomic mass is 79.9. The van der Waals surface area contributed by atoms with Gasteiger partial charge in [0, 0.05) is 21.8 Å². The molecule has 1 aromatic heterocycles. The summed E-state index contributed by atoms with van der Waals surface area (Å²) in [5.74, 6) is -0.506. The second-order valence-corrected chi connectivity index (χ2v) is 7.95. The van der Waals surface area contributed by atoms with Crippen LogP contribution in [0.1, 0.15) is 43.0 Å². The van der Waals surface area contributed by atoms with Crippen LogP contribution in [0.5, 0.6) is 0 Å². The summed E-state index contributed by atoms with van der Waals surface area (Å²) in [4.78, 5) is 32.2. The Hall–Kier alpha value is -2.79. The highest BCUT2D eigenvalue weighted by molar-refractivity contribution is 9.10. The molecule has 0 N–H and O–H groups in total. The lowest BCUT2D eigenvalue weighted by molar-refractivity contribution is 0.0896. The maximum Gasteiger partial charge on any atom is 0.266 e. The zero-order valence-electron chi connectivity index (χ0n) is 16.3. The predicted octanol–water partition coefficient (Wildman–Crippen LogP) is 5.56. The highest BCUT2D eigenvalue weighted by Gasteiger charge is 2.27. The molecule has 0 aliphatic carbocycles. The van der Waals surface area contributed by atoms with Gasteiger partial charge in [-0.15, -0.1) is 0 Å². The Morgan fingerprint density at radius 1 is 0.750 bits per heavy atom. The number of hydrogen-bond acceptors (Lipinski definition) is 3. The van der Waals surface area contributed by atoms with Crippen molar-refractivity contribution in [3.05, 3.63) is 92.6 Å². The smallest absolute Gasteiger partial charge is 0.266 e. The number of carbonyl (C=O) groups is 2. The number of aryl methyl sites for hydroxylation is 4. The molecule has 3 rings (SSSR count). The van der Waals surface area contributed by atoms with E-state index in [0.29, 0.717) is 11.1 Å². The Balaban J connectivity index is 2.12. The van der Waals surface area contributed by atoms with E-state index in [1.165, 1.54) is 0 Å². The average Bonchev–Trinajstić information content (AvgIpc) is 2.61. The molecular formula is C23H21BrN2O2. The number of pyridine rings is 1. The number of carbonyl (C=O) groups excluding carboxylic acids is 2. The molecule has 0 spiro atoms. The molecule has 28 heavy (non-hydrogen) atoms. The first-order chi connectivity index (χ1) is 13.2. The topological polar surface area (TPSA) is 50.3 Å². The summed E-state index contributed by atoms with van der Waals surface area (Å²) in [5, 5.41) is 0. The second-order valence-electron chi connectivity index (χ2n) is 7.03. The van der Waals surface area contributed by atoms with Crippen LogP contribution in [0.25, 0.3) is 0 Å². The van der Waals surface area contributed by atoms with Gasteiger partial charge in [-0.2, -0.15) is 0 Å². The van der Waals surface area contributed by atoms with Gasteiger partial charge in [0.15, 0.2) is 0 Å². The van der Waals surface area contributed by atoms with Crippen LogP contribution in [-0.2, 0) is 0 Å². The summed E-state index contributed by atoms with van der Waals surface area (Å²) in [6.45, 7) is 7.71. The molecule has 3 aromatic rings. The molecule has 0 saturated carbocycles. The number of benzene rings is 2. The predicted molar refractivity (Wildman–Crippen MR) is 115 cm³/mol. The van der Waals surface area contributed by atoms with Crippen molar-refractivity contribution in [2.75, 3.05) is 4.90 Å². The van der Waals surface area contributed by atoms with E-state index in [2.05, 4.69) is 20.9 Å². The van der Waals surface area contributed by atoms with Gasteiger partial charge < -0.3 is 0 Å². The molecule has 5 heteroatoms. The number of anilines is 1. The van der Waals surface area contributed by atoms with Gasteiger partial charge in [0.25, 0.3) is 11.8 Å². The van der Waals surface area contributed by atoms with Crippen molar-refractivity contribution in [2.45, 2.75) is 27.7 Å². The number of hydrogen-bond donors (Lipinski definition) is 0. The minimum Gasteiger partial charge on any atom is -0.268 e. The van der Waals surface area contributed by atoms with Gasteiger partial charge in [-0.3, -0.25) is 9.59 Å². The fraction of sp³-hybridized carbons (Fsp3) is 0.174. The van der Waals surface area contributed by atoms with Crippen LogP contribution in [0.2, 0.25) is 0 Å². The van der Waals surface area contributed by atoms with Crippen LogP contribution >= 0.6 is 15.9 Å². The van der Waals surface area contributed by atoms with Crippen LogP contribution in [0, 0.1) is 27.7 Å². The molecule has 0 radical (unpaired) electrons. The maximum absolute atomic E-state index is 13.4. The van der Waals surface area contributed by atoms with Crippen molar-refractivity contribution in [1.82, 2.24) is 4.98 Å². The van der Waals surface area contributed by atoms with Crippen molar-refractivity contribution in [3.8, 4) is 0 Å². The van der Waals surface area contributed by atoms with Crippen molar-refractivity contribution < 1.29 is 9.59 Å². The van der Waals surface area contributed by atoms with E-state index in [1.807, 2.05) is 39.8 Å². The average molecular weight is 437 g/mol. The van der Waals surface area contributed by atoms with Crippen molar-refractivity contribution in [2.24, 2.45) is 0 Å². The zero-order valence-corrected chi connectivity index (χ0v) is 17.9. The van der Waals surface area contributed by atoms with Gasteiger partial charge in [0.2, 0.25) is 0 Å². The molecule has 0 bridgehead atoms. The van der Waals surface area contributed by atoms with Crippen molar-refractivity contribution in [3.63, 3.8) is 0 Å². The van der Waals surface area contributed by atoms with Gasteiger partial charge in [-0.05, 0) is 80.0 Å². The molecule has 0 atom stereocenters. The Kier molecular flexibility index (Phi) is 5.75. The fourth-order valence-corrected chi connectivity index (χ4v) is 3.49. The number of imide groups is 1. The summed E-state index contributed by atoms with van der Waals surface area (Å²) in [6, 6.07) is 14.6. The first kappa shape index (κ1) is 20.0. The van der Waals surface area contributed by atoms with Crippen LogP contribution in [0.15, 0.2) is 59.2 Å². The van der Waals surface area contributed by atoms with Crippen LogP contribution in [-0.4, -0.2) is 16.8 Å². The summed E-state index contributed by atoms with van der Waals surface area (Å²) in [5.41, 5.74) is 4.77. The lowest BCUT2D eigenvalue weighted by Gasteiger charge is -2.21. The van der Waals surface area contributed by atoms with Crippen LogP contribution < -0.4 is 4.90 Å². The maximum atomic E-state index is 13.4.